The molecule has 0 spiro atoms. The molecule has 2 aliphatic rings. The second-order valence-electron chi connectivity index (χ2n) is 4.71. The van der Waals surface area contributed by atoms with Gasteiger partial charge in [0.15, 0.2) is 0 Å². The molecule has 16 heavy (non-hydrogen) atoms. The molecule has 0 radical (unpaired) electrons. The molecule has 2 rings (SSSR count). The van der Waals surface area contributed by atoms with E-state index in [1.807, 2.05) is 0 Å². The number of carbonyl (C=O) groups excluding carboxylic acids is 1. The van der Waals surface area contributed by atoms with Crippen LogP contribution in [0.1, 0.15) is 25.7 Å². The van der Waals surface area contributed by atoms with E-state index >= 15 is 0 Å². The van der Waals surface area contributed by atoms with E-state index in [0.29, 0.717) is 6.54 Å². The second kappa shape index (κ2) is 4.82. The van der Waals surface area contributed by atoms with Gasteiger partial charge in [-0.05, 0) is 38.1 Å². The molecular formula is C11H18N2O3. The molecule has 1 amide bonds. The summed E-state index contributed by atoms with van der Waals surface area (Å²) in [6, 6.07) is -0.672. The molecule has 0 aromatic rings. The van der Waals surface area contributed by atoms with Gasteiger partial charge in [0, 0.05) is 6.54 Å². The number of nitrogens with one attached hydrogen (secondary N) is 2. The number of aliphatic carboxylic acids is 1. The van der Waals surface area contributed by atoms with Gasteiger partial charge in [-0.25, -0.2) is 4.79 Å². The fraction of sp³-hybridized carbons (Fsp3) is 0.818. The van der Waals surface area contributed by atoms with Crippen molar-refractivity contribution in [2.75, 3.05) is 13.1 Å². The van der Waals surface area contributed by atoms with E-state index < -0.39 is 12.0 Å². The topological polar surface area (TPSA) is 78.4 Å². The van der Waals surface area contributed by atoms with Gasteiger partial charge in [0.2, 0.25) is 5.91 Å². The minimum Gasteiger partial charge on any atom is -0.480 e. The highest BCUT2D eigenvalue weighted by molar-refractivity contribution is 5.85. The molecular weight excluding hydrogens is 208 g/mol. The average molecular weight is 226 g/mol. The summed E-state index contributed by atoms with van der Waals surface area (Å²) >= 11 is 0. The Morgan fingerprint density at radius 2 is 2.06 bits per heavy atom. The van der Waals surface area contributed by atoms with E-state index in [2.05, 4.69) is 10.6 Å². The zero-order valence-electron chi connectivity index (χ0n) is 9.24. The lowest BCUT2D eigenvalue weighted by atomic mass is 9.98. The third-order valence-corrected chi connectivity index (χ3v) is 3.32. The first-order valence-corrected chi connectivity index (χ1v) is 5.92. The fourth-order valence-corrected chi connectivity index (χ4v) is 2.16. The minimum absolute atomic E-state index is 0.0608. The van der Waals surface area contributed by atoms with Gasteiger partial charge in [-0.3, -0.25) is 4.79 Å². The molecule has 2 atom stereocenters. The van der Waals surface area contributed by atoms with Crippen molar-refractivity contribution in [2.24, 2.45) is 11.8 Å². The highest BCUT2D eigenvalue weighted by Gasteiger charge is 2.38. The van der Waals surface area contributed by atoms with Gasteiger partial charge in [0.25, 0.3) is 0 Å². The first kappa shape index (κ1) is 11.4. The number of carbonyl (C=O) groups is 2. The number of rotatable bonds is 4. The largest absolute Gasteiger partial charge is 0.480 e. The predicted octanol–water partition coefficient (Wildman–Crippen LogP) is -0.0346. The molecule has 1 unspecified atom stereocenters. The smallest absolute Gasteiger partial charge is 0.326 e. The maximum absolute atomic E-state index is 11.8. The monoisotopic (exact) mass is 226 g/mol. The first-order valence-electron chi connectivity index (χ1n) is 5.92. The summed E-state index contributed by atoms with van der Waals surface area (Å²) < 4.78 is 0. The molecule has 0 aromatic heterocycles. The Morgan fingerprint density at radius 3 is 2.56 bits per heavy atom. The lowest BCUT2D eigenvalue weighted by molar-refractivity contribution is -0.143. The lowest BCUT2D eigenvalue weighted by Crippen LogP contribution is -2.48. The Bertz CT molecular complexity index is 283. The Balaban J connectivity index is 1.86. The Hall–Kier alpha value is -1.10. The van der Waals surface area contributed by atoms with Crippen molar-refractivity contribution in [3.05, 3.63) is 0 Å². The number of carboxylic acids is 1. The summed E-state index contributed by atoms with van der Waals surface area (Å²) in [5.41, 5.74) is 0. The van der Waals surface area contributed by atoms with Crippen LogP contribution in [0.4, 0.5) is 0 Å². The van der Waals surface area contributed by atoms with Gasteiger partial charge in [-0.2, -0.15) is 0 Å². The second-order valence-corrected chi connectivity index (χ2v) is 4.71. The summed E-state index contributed by atoms with van der Waals surface area (Å²) in [6.07, 6.45) is 3.68. The van der Waals surface area contributed by atoms with Crippen LogP contribution in [0.5, 0.6) is 0 Å². The zero-order chi connectivity index (χ0) is 11.5. The standard InChI is InChI=1S/C11H18N2O3/c14-10(8-2-1-5-12-6-8)13-9(11(15)16)7-3-4-7/h7-9,12H,1-6H2,(H,13,14)(H,15,16)/t8-,9?/m0/s1. The summed E-state index contributed by atoms with van der Waals surface area (Å²) in [7, 11) is 0. The zero-order valence-corrected chi connectivity index (χ0v) is 9.24. The molecule has 0 bridgehead atoms. The molecule has 2 fully saturated rings. The lowest BCUT2D eigenvalue weighted by Gasteiger charge is -2.23. The average Bonchev–Trinajstić information content (AvgIpc) is 3.10. The van der Waals surface area contributed by atoms with Crippen molar-refractivity contribution >= 4 is 11.9 Å². The van der Waals surface area contributed by atoms with E-state index in [0.717, 1.165) is 32.2 Å². The van der Waals surface area contributed by atoms with Crippen LogP contribution in [0.15, 0.2) is 0 Å². The first-order chi connectivity index (χ1) is 7.68. The summed E-state index contributed by atoms with van der Waals surface area (Å²) in [5.74, 6) is -0.918. The van der Waals surface area contributed by atoms with Gasteiger partial charge in [-0.1, -0.05) is 0 Å². The fourth-order valence-electron chi connectivity index (χ4n) is 2.16. The van der Waals surface area contributed by atoms with Crippen LogP contribution >= 0.6 is 0 Å². The van der Waals surface area contributed by atoms with Gasteiger partial charge < -0.3 is 15.7 Å². The Kier molecular flexibility index (Phi) is 3.43. The van der Waals surface area contributed by atoms with Crippen LogP contribution in [0, 0.1) is 11.8 Å². The molecule has 5 nitrogen and oxygen atoms in total. The predicted molar refractivity (Wildman–Crippen MR) is 57.9 cm³/mol. The van der Waals surface area contributed by atoms with E-state index in [9.17, 15) is 9.59 Å². The highest BCUT2D eigenvalue weighted by Crippen LogP contribution is 2.33. The molecule has 0 aromatic carbocycles. The number of amides is 1. The number of piperidine rings is 1. The molecule has 1 aliphatic carbocycles. The van der Waals surface area contributed by atoms with Gasteiger partial charge >= 0.3 is 5.97 Å². The van der Waals surface area contributed by atoms with Crippen LogP contribution in [0.2, 0.25) is 0 Å². The molecule has 1 saturated carbocycles. The molecule has 5 heteroatoms. The van der Waals surface area contributed by atoms with E-state index in [1.54, 1.807) is 0 Å². The van der Waals surface area contributed by atoms with Crippen LogP contribution in [-0.4, -0.2) is 36.1 Å². The van der Waals surface area contributed by atoms with Gasteiger partial charge in [0.1, 0.15) is 6.04 Å². The normalized spacial score (nSPS) is 27.1. The molecule has 1 aliphatic heterocycles. The summed E-state index contributed by atoms with van der Waals surface area (Å²) in [6.45, 7) is 1.62. The maximum Gasteiger partial charge on any atom is 0.326 e. The van der Waals surface area contributed by atoms with Gasteiger partial charge in [-0.15, -0.1) is 0 Å². The third-order valence-electron chi connectivity index (χ3n) is 3.32. The quantitative estimate of drug-likeness (QED) is 0.629. The van der Waals surface area contributed by atoms with Crippen LogP contribution < -0.4 is 10.6 Å². The number of carboxylic acid groups (broad SMARTS) is 1. The van der Waals surface area contributed by atoms with Crippen molar-refractivity contribution in [1.29, 1.82) is 0 Å². The molecule has 1 saturated heterocycles. The molecule has 90 valence electrons. The summed E-state index contributed by atoms with van der Waals surface area (Å²) in [5, 5.41) is 14.8. The number of hydrogen-bond acceptors (Lipinski definition) is 3. The van der Waals surface area contributed by atoms with E-state index in [4.69, 9.17) is 5.11 Å². The third kappa shape index (κ3) is 2.72. The van der Waals surface area contributed by atoms with Crippen LogP contribution in [0.25, 0.3) is 0 Å². The van der Waals surface area contributed by atoms with Crippen molar-refractivity contribution in [3.63, 3.8) is 0 Å². The van der Waals surface area contributed by atoms with Crippen LogP contribution in [-0.2, 0) is 9.59 Å². The van der Waals surface area contributed by atoms with Gasteiger partial charge in [0.05, 0.1) is 5.92 Å². The molecule has 3 N–H and O–H groups in total. The van der Waals surface area contributed by atoms with Crippen molar-refractivity contribution < 1.29 is 14.7 Å². The number of hydrogen-bond donors (Lipinski definition) is 3. The van der Waals surface area contributed by atoms with Crippen LogP contribution in [0.3, 0.4) is 0 Å². The Labute approximate surface area is 94.6 Å². The van der Waals surface area contributed by atoms with Crippen molar-refractivity contribution in [2.45, 2.75) is 31.7 Å². The van der Waals surface area contributed by atoms with E-state index in [-0.39, 0.29) is 17.7 Å². The minimum atomic E-state index is -0.903. The van der Waals surface area contributed by atoms with Crippen molar-refractivity contribution in [3.8, 4) is 0 Å². The van der Waals surface area contributed by atoms with E-state index in [1.165, 1.54) is 0 Å². The maximum atomic E-state index is 11.8. The highest BCUT2D eigenvalue weighted by atomic mass is 16.4. The SMILES string of the molecule is O=C(O)C(NC(=O)[C@H]1CCCNC1)C1CC1. The summed E-state index contributed by atoms with van der Waals surface area (Å²) in [4.78, 5) is 22.8. The van der Waals surface area contributed by atoms with Crippen molar-refractivity contribution in [1.82, 2.24) is 10.6 Å². The molecule has 1 heterocycles. The Morgan fingerprint density at radius 1 is 1.31 bits per heavy atom.